The van der Waals surface area contributed by atoms with Gasteiger partial charge in [0.25, 0.3) is 0 Å². The van der Waals surface area contributed by atoms with Crippen LogP contribution >= 0.6 is 0 Å². The number of amides is 2. The molecule has 1 aliphatic carbocycles. The second-order valence-corrected chi connectivity index (χ2v) is 5.90. The van der Waals surface area contributed by atoms with Crippen molar-refractivity contribution in [3.8, 4) is 0 Å². The van der Waals surface area contributed by atoms with Crippen molar-refractivity contribution in [2.45, 2.75) is 57.9 Å². The van der Waals surface area contributed by atoms with E-state index in [-0.39, 0.29) is 18.0 Å². The second kappa shape index (κ2) is 7.87. The van der Waals surface area contributed by atoms with E-state index in [0.29, 0.717) is 13.0 Å². The minimum atomic E-state index is -4.30. The fraction of sp³-hybridized carbons (Fsp3) is 0.929. The Morgan fingerprint density at radius 2 is 1.95 bits per heavy atom. The lowest BCUT2D eigenvalue weighted by Gasteiger charge is -2.32. The minimum absolute atomic E-state index is 0.0504. The quantitative estimate of drug-likeness (QED) is 0.847. The van der Waals surface area contributed by atoms with Crippen molar-refractivity contribution in [3.63, 3.8) is 0 Å². The van der Waals surface area contributed by atoms with Gasteiger partial charge < -0.3 is 15.0 Å². The van der Waals surface area contributed by atoms with Gasteiger partial charge in [-0.25, -0.2) is 4.79 Å². The van der Waals surface area contributed by atoms with Gasteiger partial charge in [-0.2, -0.15) is 13.2 Å². The number of urea groups is 1. The molecular formula is C14H25F3N2O2. The summed E-state index contributed by atoms with van der Waals surface area (Å²) in [6.07, 6.45) is -1.48. The van der Waals surface area contributed by atoms with Crippen LogP contribution in [0.4, 0.5) is 18.0 Å². The van der Waals surface area contributed by atoms with Crippen molar-refractivity contribution >= 4 is 6.03 Å². The minimum Gasteiger partial charge on any atom is -0.368 e. The first-order valence-corrected chi connectivity index (χ1v) is 7.39. The van der Waals surface area contributed by atoms with Gasteiger partial charge in [-0.1, -0.05) is 12.8 Å². The van der Waals surface area contributed by atoms with E-state index in [1.807, 2.05) is 13.8 Å². The lowest BCUT2D eigenvalue weighted by atomic mass is 9.86. The molecule has 0 aliphatic heterocycles. The Labute approximate surface area is 124 Å². The molecule has 4 nitrogen and oxygen atoms in total. The largest absolute Gasteiger partial charge is 0.411 e. The molecule has 0 unspecified atom stereocenters. The smallest absolute Gasteiger partial charge is 0.368 e. The van der Waals surface area contributed by atoms with E-state index in [2.05, 4.69) is 5.32 Å². The lowest BCUT2D eigenvalue weighted by Crippen LogP contribution is -2.45. The number of carbonyl (C=O) groups excluding carboxylic acids is 1. The van der Waals surface area contributed by atoms with E-state index in [0.717, 1.165) is 19.3 Å². The fourth-order valence-corrected chi connectivity index (χ4v) is 2.41. The van der Waals surface area contributed by atoms with Crippen molar-refractivity contribution in [1.29, 1.82) is 0 Å². The van der Waals surface area contributed by atoms with Gasteiger partial charge in [-0.3, -0.25) is 0 Å². The van der Waals surface area contributed by atoms with Crippen LogP contribution < -0.4 is 5.32 Å². The lowest BCUT2D eigenvalue weighted by molar-refractivity contribution is -0.193. The molecule has 1 N–H and O–H groups in total. The van der Waals surface area contributed by atoms with E-state index in [9.17, 15) is 18.0 Å². The summed E-state index contributed by atoms with van der Waals surface area (Å²) in [5, 5.41) is 2.79. The number of halogens is 3. The SMILES string of the molecule is CC(C)N(C)C(=O)NC[C@@H]1CCCC[C@@H]1OCC(F)(F)F. The maximum absolute atomic E-state index is 12.2. The highest BCUT2D eigenvalue weighted by Gasteiger charge is 2.33. The predicted octanol–water partition coefficient (Wildman–Crippen LogP) is 3.17. The van der Waals surface area contributed by atoms with Gasteiger partial charge in [0.1, 0.15) is 6.61 Å². The van der Waals surface area contributed by atoms with Crippen molar-refractivity contribution in [1.82, 2.24) is 10.2 Å². The number of alkyl halides is 3. The molecule has 1 rings (SSSR count). The summed E-state index contributed by atoms with van der Waals surface area (Å²) >= 11 is 0. The zero-order valence-electron chi connectivity index (χ0n) is 12.9. The second-order valence-electron chi connectivity index (χ2n) is 5.90. The highest BCUT2D eigenvalue weighted by Crippen LogP contribution is 2.28. The number of carbonyl (C=O) groups is 1. The van der Waals surface area contributed by atoms with Crippen LogP contribution in [0.1, 0.15) is 39.5 Å². The Morgan fingerprint density at radius 3 is 2.52 bits per heavy atom. The molecule has 0 aromatic heterocycles. The molecule has 0 aromatic carbocycles. The van der Waals surface area contributed by atoms with Crippen LogP contribution in [0, 0.1) is 5.92 Å². The molecule has 0 radical (unpaired) electrons. The van der Waals surface area contributed by atoms with E-state index >= 15 is 0 Å². The summed E-state index contributed by atoms with van der Waals surface area (Å²) < 4.78 is 41.7. The summed E-state index contributed by atoms with van der Waals surface area (Å²) in [6.45, 7) is 2.94. The molecule has 0 saturated heterocycles. The van der Waals surface area contributed by atoms with E-state index in [1.165, 1.54) is 0 Å². The molecular weight excluding hydrogens is 285 g/mol. The van der Waals surface area contributed by atoms with Crippen molar-refractivity contribution in [2.75, 3.05) is 20.2 Å². The molecule has 0 spiro atoms. The number of nitrogens with one attached hydrogen (secondary N) is 1. The first-order chi connectivity index (χ1) is 9.70. The summed E-state index contributed by atoms with van der Waals surface area (Å²) in [5.41, 5.74) is 0. The number of rotatable bonds is 5. The third kappa shape index (κ3) is 6.54. The summed E-state index contributed by atoms with van der Waals surface area (Å²) in [5.74, 6) is -0.0504. The van der Waals surface area contributed by atoms with Gasteiger partial charge in [0.2, 0.25) is 0 Å². The first-order valence-electron chi connectivity index (χ1n) is 7.39. The van der Waals surface area contributed by atoms with Crippen LogP contribution in [0.5, 0.6) is 0 Å². The molecule has 0 aromatic rings. The summed E-state index contributed by atoms with van der Waals surface area (Å²) in [7, 11) is 1.69. The average molecular weight is 310 g/mol. The predicted molar refractivity (Wildman–Crippen MR) is 74.1 cm³/mol. The maximum Gasteiger partial charge on any atom is 0.411 e. The zero-order valence-corrected chi connectivity index (χ0v) is 12.9. The van der Waals surface area contributed by atoms with Gasteiger partial charge in [0.15, 0.2) is 0 Å². The van der Waals surface area contributed by atoms with Crippen LogP contribution in [0.25, 0.3) is 0 Å². The molecule has 0 heterocycles. The zero-order chi connectivity index (χ0) is 16.0. The molecule has 2 amide bonds. The summed E-state index contributed by atoms with van der Waals surface area (Å²) in [6, 6.07) is -0.126. The third-order valence-corrected chi connectivity index (χ3v) is 3.91. The Morgan fingerprint density at radius 1 is 1.33 bits per heavy atom. The summed E-state index contributed by atoms with van der Waals surface area (Å²) in [4.78, 5) is 13.4. The molecule has 21 heavy (non-hydrogen) atoms. The van der Waals surface area contributed by atoms with Crippen molar-refractivity contribution in [2.24, 2.45) is 5.92 Å². The normalized spacial score (nSPS) is 23.2. The van der Waals surface area contributed by atoms with Crippen LogP contribution in [-0.2, 0) is 4.74 Å². The van der Waals surface area contributed by atoms with E-state index < -0.39 is 18.9 Å². The Balaban J connectivity index is 2.44. The van der Waals surface area contributed by atoms with Crippen LogP contribution in [0.2, 0.25) is 0 Å². The average Bonchev–Trinajstić information content (AvgIpc) is 2.41. The molecule has 1 saturated carbocycles. The Bertz CT molecular complexity index is 335. The molecule has 124 valence electrons. The van der Waals surface area contributed by atoms with Crippen LogP contribution in [0.3, 0.4) is 0 Å². The van der Waals surface area contributed by atoms with Crippen molar-refractivity contribution < 1.29 is 22.7 Å². The topological polar surface area (TPSA) is 41.6 Å². The highest BCUT2D eigenvalue weighted by atomic mass is 19.4. The fourth-order valence-electron chi connectivity index (χ4n) is 2.41. The highest BCUT2D eigenvalue weighted by molar-refractivity contribution is 5.74. The van der Waals surface area contributed by atoms with E-state index in [4.69, 9.17) is 4.74 Å². The number of hydrogen-bond acceptors (Lipinski definition) is 2. The van der Waals surface area contributed by atoms with Gasteiger partial charge in [0.05, 0.1) is 6.10 Å². The monoisotopic (exact) mass is 310 g/mol. The van der Waals surface area contributed by atoms with Crippen molar-refractivity contribution in [3.05, 3.63) is 0 Å². The van der Waals surface area contributed by atoms with Gasteiger partial charge in [0, 0.05) is 25.6 Å². The molecule has 7 heteroatoms. The number of ether oxygens (including phenoxy) is 1. The van der Waals surface area contributed by atoms with Gasteiger partial charge in [-0.15, -0.1) is 0 Å². The Hall–Kier alpha value is -0.980. The number of nitrogens with zero attached hydrogens (tertiary/aromatic N) is 1. The van der Waals surface area contributed by atoms with E-state index in [1.54, 1.807) is 11.9 Å². The molecule has 2 atom stereocenters. The molecule has 0 bridgehead atoms. The standard InChI is InChI=1S/C14H25F3N2O2/c1-10(2)19(3)13(20)18-8-11-6-4-5-7-12(11)21-9-14(15,16)17/h10-12H,4-9H2,1-3H3,(H,18,20)/t11-,12-/m0/s1. The Kier molecular flexibility index (Phi) is 6.77. The van der Waals surface area contributed by atoms with Crippen LogP contribution in [-0.4, -0.2) is 49.5 Å². The first kappa shape index (κ1) is 18.1. The third-order valence-electron chi connectivity index (χ3n) is 3.91. The van der Waals surface area contributed by atoms with Gasteiger partial charge >= 0.3 is 12.2 Å². The molecule has 1 aliphatic rings. The maximum atomic E-state index is 12.2. The number of hydrogen-bond donors (Lipinski definition) is 1. The van der Waals surface area contributed by atoms with Crippen LogP contribution in [0.15, 0.2) is 0 Å². The molecule has 1 fully saturated rings. The van der Waals surface area contributed by atoms with Gasteiger partial charge in [-0.05, 0) is 26.7 Å².